The monoisotopic (exact) mass is 403 g/mol. The fourth-order valence-corrected chi connectivity index (χ4v) is 5.27. The Labute approximate surface area is 175 Å². The molecular formula is C23H25N5O2. The molecule has 154 valence electrons. The van der Waals surface area contributed by atoms with Crippen molar-refractivity contribution in [1.29, 1.82) is 0 Å². The first-order valence-electron chi connectivity index (χ1n) is 10.7. The molecule has 0 aromatic carbocycles. The molecule has 7 heteroatoms. The Morgan fingerprint density at radius 3 is 2.90 bits per heavy atom. The Morgan fingerprint density at radius 2 is 2.13 bits per heavy atom. The van der Waals surface area contributed by atoms with Gasteiger partial charge in [0.1, 0.15) is 16.9 Å². The second kappa shape index (κ2) is 6.20. The average Bonchev–Trinajstić information content (AvgIpc) is 3.14. The maximum atomic E-state index is 13.4. The van der Waals surface area contributed by atoms with E-state index in [2.05, 4.69) is 39.0 Å². The standard InChI is InChI=1S/C23H25N5O2/c1-15-20(16(2)30-25-15)22(29)26-12-9-23(14-26)19-6-4-11-27(19)21-18(5-3-10-24-21)28(23)13-17-7-8-17/h3-6,10-11,17H,7-9,12-14H2,1-2H3/t23-/m0/s1. The van der Waals surface area contributed by atoms with Gasteiger partial charge in [0.15, 0.2) is 5.82 Å². The molecule has 3 aliphatic rings. The molecule has 7 nitrogen and oxygen atoms in total. The summed E-state index contributed by atoms with van der Waals surface area (Å²) in [6.07, 6.45) is 7.41. The molecule has 1 aliphatic carbocycles. The number of anilines is 1. The van der Waals surface area contributed by atoms with Crippen LogP contribution >= 0.6 is 0 Å². The lowest BCUT2D eigenvalue weighted by Crippen LogP contribution is -2.53. The molecule has 3 aromatic rings. The third kappa shape index (κ3) is 2.41. The lowest BCUT2D eigenvalue weighted by atomic mass is 9.88. The number of amides is 1. The van der Waals surface area contributed by atoms with Crippen molar-refractivity contribution in [3.8, 4) is 5.82 Å². The number of rotatable bonds is 3. The summed E-state index contributed by atoms with van der Waals surface area (Å²) < 4.78 is 7.48. The van der Waals surface area contributed by atoms with Gasteiger partial charge in [-0.1, -0.05) is 5.16 Å². The average molecular weight is 403 g/mol. The van der Waals surface area contributed by atoms with Crippen LogP contribution in [-0.4, -0.2) is 45.1 Å². The zero-order valence-electron chi connectivity index (χ0n) is 17.3. The van der Waals surface area contributed by atoms with Gasteiger partial charge in [0.2, 0.25) is 0 Å². The molecule has 5 heterocycles. The van der Waals surface area contributed by atoms with Crippen molar-refractivity contribution in [1.82, 2.24) is 19.6 Å². The lowest BCUT2D eigenvalue weighted by Gasteiger charge is -2.47. The summed E-state index contributed by atoms with van der Waals surface area (Å²) in [4.78, 5) is 22.6. The normalized spacial score (nSPS) is 22.5. The fourth-order valence-electron chi connectivity index (χ4n) is 5.27. The van der Waals surface area contributed by atoms with Crippen molar-refractivity contribution in [3.63, 3.8) is 0 Å². The molecule has 1 amide bonds. The quantitative estimate of drug-likeness (QED) is 0.670. The number of aryl methyl sites for hydroxylation is 2. The summed E-state index contributed by atoms with van der Waals surface area (Å²) in [6, 6.07) is 8.48. The van der Waals surface area contributed by atoms with E-state index in [-0.39, 0.29) is 11.4 Å². The lowest BCUT2D eigenvalue weighted by molar-refractivity contribution is 0.0779. The highest BCUT2D eigenvalue weighted by Crippen LogP contribution is 2.49. The number of fused-ring (bicyclic) bond motifs is 4. The fraction of sp³-hybridized carbons (Fsp3) is 0.435. The number of nitrogens with zero attached hydrogens (tertiary/aromatic N) is 5. The van der Waals surface area contributed by atoms with Crippen LogP contribution in [-0.2, 0) is 5.54 Å². The van der Waals surface area contributed by atoms with Crippen molar-refractivity contribution in [2.45, 2.75) is 38.6 Å². The Kier molecular flexibility index (Phi) is 3.67. The number of likely N-dealkylation sites (tertiary alicyclic amines) is 1. The number of carbonyl (C=O) groups is 1. The summed E-state index contributed by atoms with van der Waals surface area (Å²) in [5, 5.41) is 3.99. The number of carbonyl (C=O) groups excluding carboxylic acids is 1. The van der Waals surface area contributed by atoms with Gasteiger partial charge < -0.3 is 18.9 Å². The summed E-state index contributed by atoms with van der Waals surface area (Å²) in [6.45, 7) is 6.03. The first-order chi connectivity index (χ1) is 14.6. The predicted octanol–water partition coefficient (Wildman–Crippen LogP) is 3.45. The largest absolute Gasteiger partial charge is 0.361 e. The molecule has 2 aliphatic heterocycles. The van der Waals surface area contributed by atoms with E-state index in [1.807, 2.05) is 31.0 Å². The molecule has 2 fully saturated rings. The summed E-state index contributed by atoms with van der Waals surface area (Å²) in [5.74, 6) is 2.32. The van der Waals surface area contributed by atoms with Gasteiger partial charge in [0, 0.05) is 32.0 Å². The van der Waals surface area contributed by atoms with E-state index in [1.54, 1.807) is 0 Å². The number of pyridine rings is 1. The van der Waals surface area contributed by atoms with Gasteiger partial charge in [-0.2, -0.15) is 0 Å². The van der Waals surface area contributed by atoms with Crippen LogP contribution in [0, 0.1) is 19.8 Å². The number of hydrogen-bond donors (Lipinski definition) is 0. The van der Waals surface area contributed by atoms with Gasteiger partial charge in [-0.25, -0.2) is 4.98 Å². The molecular weight excluding hydrogens is 378 g/mol. The highest BCUT2D eigenvalue weighted by Gasteiger charge is 2.52. The molecule has 6 rings (SSSR count). The molecule has 0 unspecified atom stereocenters. The van der Waals surface area contributed by atoms with E-state index < -0.39 is 0 Å². The molecule has 0 radical (unpaired) electrons. The van der Waals surface area contributed by atoms with E-state index >= 15 is 0 Å². The van der Waals surface area contributed by atoms with E-state index in [0.717, 1.165) is 24.7 Å². The maximum absolute atomic E-state index is 13.4. The Balaban J connectivity index is 1.44. The summed E-state index contributed by atoms with van der Waals surface area (Å²) >= 11 is 0. The van der Waals surface area contributed by atoms with Crippen molar-refractivity contribution in [2.24, 2.45) is 5.92 Å². The molecule has 3 aromatic heterocycles. The van der Waals surface area contributed by atoms with E-state index in [0.29, 0.717) is 30.1 Å². The Bertz CT molecular complexity index is 1120. The van der Waals surface area contributed by atoms with E-state index in [9.17, 15) is 4.79 Å². The van der Waals surface area contributed by atoms with Crippen LogP contribution in [0.1, 0.15) is 46.8 Å². The molecule has 0 N–H and O–H groups in total. The van der Waals surface area contributed by atoms with Crippen LogP contribution < -0.4 is 4.90 Å². The minimum absolute atomic E-state index is 0.0181. The van der Waals surface area contributed by atoms with Crippen molar-refractivity contribution >= 4 is 11.6 Å². The van der Waals surface area contributed by atoms with Crippen LogP contribution in [0.15, 0.2) is 41.2 Å². The van der Waals surface area contributed by atoms with Gasteiger partial charge in [-0.05, 0) is 63.3 Å². The molecule has 1 saturated heterocycles. The SMILES string of the molecule is Cc1noc(C)c1C(=O)N1CC[C@]2(C1)c1cccn1-c1ncccc1N2CC1CC1. The zero-order valence-corrected chi connectivity index (χ0v) is 17.3. The van der Waals surface area contributed by atoms with Crippen LogP contribution in [0.4, 0.5) is 5.69 Å². The highest BCUT2D eigenvalue weighted by atomic mass is 16.5. The van der Waals surface area contributed by atoms with E-state index in [1.165, 1.54) is 24.2 Å². The third-order valence-electron chi connectivity index (χ3n) is 6.95. The van der Waals surface area contributed by atoms with Gasteiger partial charge in [-0.3, -0.25) is 4.79 Å². The number of aromatic nitrogens is 3. The zero-order chi connectivity index (χ0) is 20.5. The minimum Gasteiger partial charge on any atom is -0.361 e. The highest BCUT2D eigenvalue weighted by molar-refractivity contribution is 5.96. The Hall–Kier alpha value is -3.09. The van der Waals surface area contributed by atoms with Crippen molar-refractivity contribution < 1.29 is 9.32 Å². The number of hydrogen-bond acceptors (Lipinski definition) is 5. The summed E-state index contributed by atoms with van der Waals surface area (Å²) in [5.41, 5.74) is 3.42. The molecule has 1 atom stereocenters. The molecule has 0 bridgehead atoms. The second-order valence-electron chi connectivity index (χ2n) is 8.87. The second-order valence-corrected chi connectivity index (χ2v) is 8.87. The van der Waals surface area contributed by atoms with Gasteiger partial charge in [-0.15, -0.1) is 0 Å². The van der Waals surface area contributed by atoms with Crippen molar-refractivity contribution in [3.05, 3.63) is 59.4 Å². The van der Waals surface area contributed by atoms with E-state index in [4.69, 9.17) is 9.51 Å². The van der Waals surface area contributed by atoms with Gasteiger partial charge in [0.25, 0.3) is 5.91 Å². The third-order valence-corrected chi connectivity index (χ3v) is 6.95. The first kappa shape index (κ1) is 17.7. The topological polar surface area (TPSA) is 67.4 Å². The molecule has 1 spiro atoms. The summed E-state index contributed by atoms with van der Waals surface area (Å²) in [7, 11) is 0. The van der Waals surface area contributed by atoms with Crippen LogP contribution in [0.3, 0.4) is 0 Å². The van der Waals surface area contributed by atoms with Crippen LogP contribution in [0.5, 0.6) is 0 Å². The molecule has 1 saturated carbocycles. The first-order valence-corrected chi connectivity index (χ1v) is 10.7. The van der Waals surface area contributed by atoms with Crippen LogP contribution in [0.25, 0.3) is 5.82 Å². The predicted molar refractivity (Wildman–Crippen MR) is 112 cm³/mol. The smallest absolute Gasteiger partial charge is 0.259 e. The maximum Gasteiger partial charge on any atom is 0.259 e. The van der Waals surface area contributed by atoms with Gasteiger partial charge >= 0.3 is 0 Å². The Morgan fingerprint density at radius 1 is 1.27 bits per heavy atom. The van der Waals surface area contributed by atoms with Gasteiger partial charge in [0.05, 0.1) is 17.1 Å². The minimum atomic E-state index is -0.239. The van der Waals surface area contributed by atoms with Crippen molar-refractivity contribution in [2.75, 3.05) is 24.5 Å². The van der Waals surface area contributed by atoms with Crippen LogP contribution in [0.2, 0.25) is 0 Å². The molecule has 30 heavy (non-hydrogen) atoms.